The van der Waals surface area contributed by atoms with Crippen LogP contribution >= 0.6 is 11.8 Å². The molecule has 18 heavy (non-hydrogen) atoms. The van der Waals surface area contributed by atoms with Gasteiger partial charge in [-0.15, -0.1) is 11.8 Å². The van der Waals surface area contributed by atoms with Crippen molar-refractivity contribution in [1.29, 1.82) is 0 Å². The lowest BCUT2D eigenvalue weighted by Crippen LogP contribution is -2.28. The summed E-state index contributed by atoms with van der Waals surface area (Å²) >= 11 is 1.92. The van der Waals surface area contributed by atoms with Gasteiger partial charge in [-0.3, -0.25) is 0 Å². The molecule has 1 aliphatic heterocycles. The number of ether oxygens (including phenoxy) is 1. The zero-order valence-electron chi connectivity index (χ0n) is 11.6. The molecule has 0 radical (unpaired) electrons. The summed E-state index contributed by atoms with van der Waals surface area (Å²) in [7, 11) is 1.78. The summed E-state index contributed by atoms with van der Waals surface area (Å²) in [5, 5.41) is 3.49. The van der Waals surface area contributed by atoms with Crippen LogP contribution in [0.1, 0.15) is 36.8 Å². The van der Waals surface area contributed by atoms with Crippen molar-refractivity contribution in [2.45, 2.75) is 37.5 Å². The molecule has 1 aromatic rings. The van der Waals surface area contributed by atoms with Crippen molar-refractivity contribution < 1.29 is 4.74 Å². The van der Waals surface area contributed by atoms with Crippen molar-refractivity contribution in [2.24, 2.45) is 0 Å². The minimum Gasteiger partial charge on any atom is -0.496 e. The van der Waals surface area contributed by atoms with Crippen LogP contribution in [0.2, 0.25) is 0 Å². The van der Waals surface area contributed by atoms with E-state index in [1.165, 1.54) is 28.9 Å². The molecule has 1 atom stereocenters. The molecular weight excluding hydrogens is 242 g/mol. The Morgan fingerprint density at radius 1 is 1.44 bits per heavy atom. The number of aryl methyl sites for hydroxylation is 1. The zero-order valence-corrected chi connectivity index (χ0v) is 12.4. The van der Waals surface area contributed by atoms with Gasteiger partial charge in [0, 0.05) is 17.4 Å². The molecule has 1 aromatic carbocycles. The maximum absolute atomic E-state index is 5.58. The Labute approximate surface area is 114 Å². The minimum atomic E-state index is 0.602. The molecule has 2 rings (SSSR count). The summed E-state index contributed by atoms with van der Waals surface area (Å²) in [4.78, 5) is 1.40. The normalized spacial score (nSPS) is 19.8. The fourth-order valence-corrected chi connectivity index (χ4v) is 3.41. The summed E-state index contributed by atoms with van der Waals surface area (Å²) in [5.74, 6) is 2.78. The van der Waals surface area contributed by atoms with Gasteiger partial charge in [-0.1, -0.05) is 6.92 Å². The number of hydrogen-bond acceptors (Lipinski definition) is 3. The van der Waals surface area contributed by atoms with E-state index >= 15 is 0 Å². The van der Waals surface area contributed by atoms with Gasteiger partial charge in [0.1, 0.15) is 5.75 Å². The molecule has 3 heteroatoms. The topological polar surface area (TPSA) is 21.3 Å². The Morgan fingerprint density at radius 2 is 2.28 bits per heavy atom. The largest absolute Gasteiger partial charge is 0.496 e. The predicted octanol–water partition coefficient (Wildman–Crippen LogP) is 3.58. The van der Waals surface area contributed by atoms with Crippen LogP contribution in [0.25, 0.3) is 0 Å². The average Bonchev–Trinajstić information content (AvgIpc) is 2.42. The minimum absolute atomic E-state index is 0.602. The smallest absolute Gasteiger partial charge is 0.122 e. The third-order valence-electron chi connectivity index (χ3n) is 3.56. The van der Waals surface area contributed by atoms with E-state index in [1.54, 1.807) is 7.11 Å². The lowest BCUT2D eigenvalue weighted by Gasteiger charge is -2.25. The number of rotatable bonds is 4. The SMILES string of the molecule is CCSc1cc([C@H]2CCCNC2)c(OC)cc1C. The van der Waals surface area contributed by atoms with Crippen molar-refractivity contribution >= 4 is 11.8 Å². The number of benzene rings is 1. The first-order chi connectivity index (χ1) is 8.76. The van der Waals surface area contributed by atoms with Crippen molar-refractivity contribution in [3.8, 4) is 5.75 Å². The number of nitrogens with one attached hydrogen (secondary N) is 1. The van der Waals surface area contributed by atoms with Gasteiger partial charge in [-0.25, -0.2) is 0 Å². The van der Waals surface area contributed by atoms with E-state index in [2.05, 4.69) is 31.3 Å². The number of methoxy groups -OCH3 is 1. The molecule has 0 bridgehead atoms. The van der Waals surface area contributed by atoms with E-state index < -0.39 is 0 Å². The van der Waals surface area contributed by atoms with Gasteiger partial charge in [0.15, 0.2) is 0 Å². The Bertz CT molecular complexity index is 400. The van der Waals surface area contributed by atoms with E-state index in [-0.39, 0.29) is 0 Å². The highest BCUT2D eigenvalue weighted by molar-refractivity contribution is 7.99. The quantitative estimate of drug-likeness (QED) is 0.841. The van der Waals surface area contributed by atoms with Crippen LogP contribution in [0.5, 0.6) is 5.75 Å². The van der Waals surface area contributed by atoms with Gasteiger partial charge >= 0.3 is 0 Å². The predicted molar refractivity (Wildman–Crippen MR) is 79.0 cm³/mol. The van der Waals surface area contributed by atoms with Crippen LogP contribution in [0.4, 0.5) is 0 Å². The summed E-state index contributed by atoms with van der Waals surface area (Å²) in [6.45, 7) is 6.61. The highest BCUT2D eigenvalue weighted by Crippen LogP contribution is 2.36. The lowest BCUT2D eigenvalue weighted by molar-refractivity contribution is 0.391. The van der Waals surface area contributed by atoms with E-state index in [1.807, 2.05) is 11.8 Å². The molecule has 1 heterocycles. The molecule has 1 aliphatic rings. The van der Waals surface area contributed by atoms with E-state index in [9.17, 15) is 0 Å². The Morgan fingerprint density at radius 3 is 2.89 bits per heavy atom. The summed E-state index contributed by atoms with van der Waals surface area (Å²) in [6, 6.07) is 4.54. The van der Waals surface area contributed by atoms with Crippen LogP contribution in [0.15, 0.2) is 17.0 Å². The zero-order chi connectivity index (χ0) is 13.0. The third kappa shape index (κ3) is 3.01. The molecule has 0 saturated carbocycles. The average molecular weight is 265 g/mol. The van der Waals surface area contributed by atoms with Crippen LogP contribution in [0, 0.1) is 6.92 Å². The number of hydrogen-bond donors (Lipinski definition) is 1. The van der Waals surface area contributed by atoms with E-state index in [4.69, 9.17) is 4.74 Å². The lowest BCUT2D eigenvalue weighted by atomic mass is 9.90. The second-order valence-electron chi connectivity index (χ2n) is 4.84. The van der Waals surface area contributed by atoms with Crippen molar-refractivity contribution in [2.75, 3.05) is 26.0 Å². The van der Waals surface area contributed by atoms with Crippen molar-refractivity contribution in [1.82, 2.24) is 5.32 Å². The number of piperidine rings is 1. The number of thioether (sulfide) groups is 1. The van der Waals surface area contributed by atoms with Crippen molar-refractivity contribution in [3.05, 3.63) is 23.3 Å². The van der Waals surface area contributed by atoms with Gasteiger partial charge in [-0.2, -0.15) is 0 Å². The van der Waals surface area contributed by atoms with Gasteiger partial charge in [0.2, 0.25) is 0 Å². The second kappa shape index (κ2) is 6.48. The molecule has 0 aromatic heterocycles. The molecule has 1 saturated heterocycles. The van der Waals surface area contributed by atoms with Crippen LogP contribution in [-0.2, 0) is 0 Å². The fourth-order valence-electron chi connectivity index (χ4n) is 2.60. The third-order valence-corrected chi connectivity index (χ3v) is 4.60. The molecular formula is C15H23NOS. The van der Waals surface area contributed by atoms with Crippen LogP contribution < -0.4 is 10.1 Å². The Kier molecular flexibility index (Phi) is 4.95. The summed E-state index contributed by atoms with van der Waals surface area (Å²) < 4.78 is 5.58. The maximum atomic E-state index is 5.58. The van der Waals surface area contributed by atoms with Gasteiger partial charge in [-0.05, 0) is 55.3 Å². The van der Waals surface area contributed by atoms with Crippen LogP contribution in [0.3, 0.4) is 0 Å². The molecule has 0 unspecified atom stereocenters. The molecule has 1 fully saturated rings. The standard InChI is InChI=1S/C15H23NOS/c1-4-18-15-9-13(12-6-5-7-16-10-12)14(17-3)8-11(15)2/h8-9,12,16H,4-7,10H2,1-3H3/t12-/m0/s1. The van der Waals surface area contributed by atoms with Gasteiger partial charge < -0.3 is 10.1 Å². The van der Waals surface area contributed by atoms with Gasteiger partial charge in [0.25, 0.3) is 0 Å². The molecule has 0 amide bonds. The Balaban J connectivity index is 2.33. The highest BCUT2D eigenvalue weighted by atomic mass is 32.2. The Hall–Kier alpha value is -0.670. The molecule has 0 spiro atoms. The van der Waals surface area contributed by atoms with Gasteiger partial charge in [0.05, 0.1) is 7.11 Å². The molecule has 100 valence electrons. The first-order valence-electron chi connectivity index (χ1n) is 6.78. The monoisotopic (exact) mass is 265 g/mol. The summed E-state index contributed by atoms with van der Waals surface area (Å²) in [5.41, 5.74) is 2.71. The molecule has 1 N–H and O–H groups in total. The first kappa shape index (κ1) is 13.8. The first-order valence-corrected chi connectivity index (χ1v) is 7.76. The van der Waals surface area contributed by atoms with Crippen LogP contribution in [-0.4, -0.2) is 26.0 Å². The van der Waals surface area contributed by atoms with Crippen molar-refractivity contribution in [3.63, 3.8) is 0 Å². The fraction of sp³-hybridized carbons (Fsp3) is 0.600. The molecule has 2 nitrogen and oxygen atoms in total. The second-order valence-corrected chi connectivity index (χ2v) is 6.14. The molecule has 0 aliphatic carbocycles. The maximum Gasteiger partial charge on any atom is 0.122 e. The van der Waals surface area contributed by atoms with E-state index in [0.29, 0.717) is 5.92 Å². The van der Waals surface area contributed by atoms with E-state index in [0.717, 1.165) is 24.6 Å². The highest BCUT2D eigenvalue weighted by Gasteiger charge is 2.20. The summed E-state index contributed by atoms with van der Waals surface area (Å²) in [6.07, 6.45) is 2.53.